The van der Waals surface area contributed by atoms with Crippen molar-refractivity contribution in [2.24, 2.45) is 0 Å². The molecule has 0 saturated carbocycles. The van der Waals surface area contributed by atoms with Crippen molar-refractivity contribution in [2.45, 2.75) is 19.9 Å². The van der Waals surface area contributed by atoms with Gasteiger partial charge in [0.05, 0.1) is 18.1 Å². The lowest BCUT2D eigenvalue weighted by Crippen LogP contribution is -2.50. The van der Waals surface area contributed by atoms with Crippen LogP contribution in [0.4, 0.5) is 5.69 Å². The maximum atomic E-state index is 12.6. The van der Waals surface area contributed by atoms with Crippen molar-refractivity contribution < 1.29 is 14.0 Å². The SMILES string of the molecule is CC(C)Nc1ccc(C(=O)N2CCN(C(=O)c3ccco3)CC2)nc1. The number of nitrogens with zero attached hydrogens (tertiary/aromatic N) is 3. The second kappa shape index (κ2) is 7.38. The average Bonchev–Trinajstić information content (AvgIpc) is 3.15. The molecular weight excluding hydrogens is 320 g/mol. The lowest BCUT2D eigenvalue weighted by Gasteiger charge is -2.34. The van der Waals surface area contributed by atoms with Crippen LogP contribution in [0.1, 0.15) is 34.9 Å². The molecule has 2 amide bonds. The van der Waals surface area contributed by atoms with Crippen LogP contribution in [-0.2, 0) is 0 Å². The fraction of sp³-hybridized carbons (Fsp3) is 0.389. The Hall–Kier alpha value is -2.83. The molecule has 3 rings (SSSR count). The standard InChI is InChI=1S/C18H22N4O3/c1-13(2)20-14-5-6-15(19-12-14)17(23)21-7-9-22(10-8-21)18(24)16-4-3-11-25-16/h3-6,11-13,20H,7-10H2,1-2H3. The number of carbonyl (C=O) groups excluding carboxylic acids is 2. The second-order valence-electron chi connectivity index (χ2n) is 6.29. The zero-order valence-electron chi connectivity index (χ0n) is 14.4. The number of amides is 2. The average molecular weight is 342 g/mol. The van der Waals surface area contributed by atoms with Gasteiger partial charge < -0.3 is 19.5 Å². The van der Waals surface area contributed by atoms with E-state index >= 15 is 0 Å². The van der Waals surface area contributed by atoms with E-state index in [4.69, 9.17) is 4.42 Å². The Morgan fingerprint density at radius 1 is 1.08 bits per heavy atom. The zero-order chi connectivity index (χ0) is 17.8. The van der Waals surface area contributed by atoms with Crippen molar-refractivity contribution >= 4 is 17.5 Å². The van der Waals surface area contributed by atoms with Crippen LogP contribution in [0.25, 0.3) is 0 Å². The number of furan rings is 1. The predicted octanol–water partition coefficient (Wildman–Crippen LogP) is 2.09. The number of rotatable bonds is 4. The van der Waals surface area contributed by atoms with Crippen molar-refractivity contribution in [3.05, 3.63) is 48.2 Å². The number of pyridine rings is 1. The third kappa shape index (κ3) is 3.99. The molecule has 0 spiro atoms. The Kier molecular flexibility index (Phi) is 5.02. The van der Waals surface area contributed by atoms with Crippen molar-refractivity contribution in [2.75, 3.05) is 31.5 Å². The smallest absolute Gasteiger partial charge is 0.289 e. The van der Waals surface area contributed by atoms with Gasteiger partial charge in [-0.25, -0.2) is 4.98 Å². The monoisotopic (exact) mass is 342 g/mol. The largest absolute Gasteiger partial charge is 0.459 e. The highest BCUT2D eigenvalue weighted by molar-refractivity contribution is 5.93. The third-order valence-electron chi connectivity index (χ3n) is 4.02. The molecule has 0 aromatic carbocycles. The minimum atomic E-state index is -0.140. The van der Waals surface area contributed by atoms with Gasteiger partial charge in [-0.3, -0.25) is 9.59 Å². The molecule has 7 heteroatoms. The van der Waals surface area contributed by atoms with E-state index in [0.717, 1.165) is 5.69 Å². The summed E-state index contributed by atoms with van der Waals surface area (Å²) in [5.74, 6) is 0.0789. The highest BCUT2D eigenvalue weighted by atomic mass is 16.3. The van der Waals surface area contributed by atoms with Crippen LogP contribution >= 0.6 is 0 Å². The van der Waals surface area contributed by atoms with Crippen molar-refractivity contribution in [1.82, 2.24) is 14.8 Å². The molecule has 0 atom stereocenters. The van der Waals surface area contributed by atoms with E-state index in [-0.39, 0.29) is 11.8 Å². The third-order valence-corrected chi connectivity index (χ3v) is 4.02. The van der Waals surface area contributed by atoms with Gasteiger partial charge in [0.15, 0.2) is 5.76 Å². The topological polar surface area (TPSA) is 78.7 Å². The quantitative estimate of drug-likeness (QED) is 0.920. The van der Waals surface area contributed by atoms with Crippen molar-refractivity contribution in [3.63, 3.8) is 0 Å². The summed E-state index contributed by atoms with van der Waals surface area (Å²) < 4.78 is 5.14. The fourth-order valence-electron chi connectivity index (χ4n) is 2.77. The first-order chi connectivity index (χ1) is 12.0. The number of anilines is 1. The van der Waals surface area contributed by atoms with Crippen LogP contribution in [0.2, 0.25) is 0 Å². The molecule has 0 unspecified atom stereocenters. The first-order valence-electron chi connectivity index (χ1n) is 8.39. The second-order valence-corrected chi connectivity index (χ2v) is 6.29. The Morgan fingerprint density at radius 2 is 1.76 bits per heavy atom. The molecule has 1 N–H and O–H groups in total. The molecular formula is C18H22N4O3. The molecule has 0 radical (unpaired) electrons. The van der Waals surface area contributed by atoms with E-state index in [2.05, 4.69) is 10.3 Å². The lowest BCUT2D eigenvalue weighted by atomic mass is 10.2. The highest BCUT2D eigenvalue weighted by Gasteiger charge is 2.27. The maximum absolute atomic E-state index is 12.6. The summed E-state index contributed by atoms with van der Waals surface area (Å²) in [6.45, 7) is 6.03. The molecule has 1 aliphatic heterocycles. The van der Waals surface area contributed by atoms with Gasteiger partial charge in [0.1, 0.15) is 5.69 Å². The molecule has 25 heavy (non-hydrogen) atoms. The molecule has 3 heterocycles. The van der Waals surface area contributed by atoms with Gasteiger partial charge >= 0.3 is 0 Å². The summed E-state index contributed by atoms with van der Waals surface area (Å²) in [4.78, 5) is 32.5. The summed E-state index contributed by atoms with van der Waals surface area (Å²) in [5.41, 5.74) is 1.31. The number of aromatic nitrogens is 1. The molecule has 0 aliphatic carbocycles. The number of piperazine rings is 1. The summed E-state index contributed by atoms with van der Waals surface area (Å²) in [5, 5.41) is 3.24. The van der Waals surface area contributed by atoms with Crippen LogP contribution in [0.5, 0.6) is 0 Å². The van der Waals surface area contributed by atoms with E-state index in [1.165, 1.54) is 6.26 Å². The summed E-state index contributed by atoms with van der Waals surface area (Å²) in [6.07, 6.45) is 3.15. The van der Waals surface area contributed by atoms with Gasteiger partial charge in [0, 0.05) is 32.2 Å². The van der Waals surface area contributed by atoms with E-state index in [0.29, 0.717) is 43.7 Å². The number of hydrogen-bond donors (Lipinski definition) is 1. The van der Waals surface area contributed by atoms with Crippen molar-refractivity contribution in [1.29, 1.82) is 0 Å². The van der Waals surface area contributed by atoms with Crippen LogP contribution in [0.3, 0.4) is 0 Å². The molecule has 7 nitrogen and oxygen atoms in total. The minimum absolute atomic E-state index is 0.110. The van der Waals surface area contributed by atoms with Crippen LogP contribution < -0.4 is 5.32 Å². The normalized spacial score (nSPS) is 14.7. The molecule has 1 saturated heterocycles. The van der Waals surface area contributed by atoms with Gasteiger partial charge in [-0.2, -0.15) is 0 Å². The Bertz CT molecular complexity index is 717. The van der Waals surface area contributed by atoms with Gasteiger partial charge in [-0.15, -0.1) is 0 Å². The Morgan fingerprint density at radius 3 is 2.28 bits per heavy atom. The highest BCUT2D eigenvalue weighted by Crippen LogP contribution is 2.13. The summed E-state index contributed by atoms with van der Waals surface area (Å²) >= 11 is 0. The molecule has 2 aromatic heterocycles. The number of nitrogens with one attached hydrogen (secondary N) is 1. The van der Waals surface area contributed by atoms with Gasteiger partial charge in [0.25, 0.3) is 11.8 Å². The summed E-state index contributed by atoms with van der Waals surface area (Å²) in [6, 6.07) is 7.24. The molecule has 1 aliphatic rings. The van der Waals surface area contributed by atoms with E-state index < -0.39 is 0 Å². The first kappa shape index (κ1) is 17.0. The molecule has 0 bridgehead atoms. The minimum Gasteiger partial charge on any atom is -0.459 e. The maximum Gasteiger partial charge on any atom is 0.289 e. The van der Waals surface area contributed by atoms with Gasteiger partial charge in [-0.1, -0.05) is 0 Å². The lowest BCUT2D eigenvalue weighted by molar-refractivity contribution is 0.0515. The van der Waals surface area contributed by atoms with Gasteiger partial charge in [0.2, 0.25) is 0 Å². The van der Waals surface area contributed by atoms with E-state index in [1.54, 1.807) is 34.2 Å². The first-order valence-corrected chi connectivity index (χ1v) is 8.39. The van der Waals surface area contributed by atoms with E-state index in [9.17, 15) is 9.59 Å². The molecule has 132 valence electrons. The number of hydrogen-bond acceptors (Lipinski definition) is 5. The molecule has 2 aromatic rings. The Balaban J connectivity index is 1.57. The fourth-order valence-corrected chi connectivity index (χ4v) is 2.77. The van der Waals surface area contributed by atoms with Crippen LogP contribution in [-0.4, -0.2) is 58.8 Å². The van der Waals surface area contributed by atoms with Crippen LogP contribution in [0, 0.1) is 0 Å². The number of carbonyl (C=O) groups is 2. The van der Waals surface area contributed by atoms with Crippen molar-refractivity contribution in [3.8, 4) is 0 Å². The van der Waals surface area contributed by atoms with Gasteiger partial charge in [-0.05, 0) is 38.1 Å². The van der Waals surface area contributed by atoms with Crippen LogP contribution in [0.15, 0.2) is 41.1 Å². The zero-order valence-corrected chi connectivity index (χ0v) is 14.4. The predicted molar refractivity (Wildman–Crippen MR) is 93.5 cm³/mol. The molecule has 1 fully saturated rings. The summed E-state index contributed by atoms with van der Waals surface area (Å²) in [7, 11) is 0. The Labute approximate surface area is 146 Å². The van der Waals surface area contributed by atoms with E-state index in [1.807, 2.05) is 19.9 Å².